The van der Waals surface area contributed by atoms with Crippen LogP contribution in [0.5, 0.6) is 0 Å². The molecule has 4 heteroatoms. The molecule has 2 heterocycles. The maximum atomic E-state index is 13.0. The minimum absolute atomic E-state index is 0.164. The quantitative estimate of drug-likeness (QED) is 0.843. The van der Waals surface area contributed by atoms with Crippen molar-refractivity contribution >= 4 is 11.8 Å². The van der Waals surface area contributed by atoms with Crippen molar-refractivity contribution in [2.45, 2.75) is 57.9 Å². The number of carbonyl (C=O) groups excluding carboxylic acids is 2. The van der Waals surface area contributed by atoms with Crippen molar-refractivity contribution < 1.29 is 9.59 Å². The third-order valence-electron chi connectivity index (χ3n) is 6.36. The molecule has 25 heavy (non-hydrogen) atoms. The number of hydrogen-bond acceptors (Lipinski definition) is 2. The van der Waals surface area contributed by atoms with Gasteiger partial charge in [0.2, 0.25) is 5.91 Å². The molecular formula is C21H28N2O2. The molecular weight excluding hydrogens is 312 g/mol. The van der Waals surface area contributed by atoms with Gasteiger partial charge in [0.1, 0.15) is 0 Å². The molecule has 0 N–H and O–H groups in total. The normalized spacial score (nSPS) is 22.8. The highest BCUT2D eigenvalue weighted by Crippen LogP contribution is 2.43. The summed E-state index contributed by atoms with van der Waals surface area (Å²) in [5.41, 5.74) is 2.23. The van der Waals surface area contributed by atoms with Crippen LogP contribution in [0.1, 0.15) is 67.3 Å². The molecule has 0 atom stereocenters. The van der Waals surface area contributed by atoms with Crippen molar-refractivity contribution in [2.75, 3.05) is 19.6 Å². The van der Waals surface area contributed by atoms with Crippen LogP contribution in [0.4, 0.5) is 0 Å². The average Bonchev–Trinajstić information content (AvgIpc) is 3.22. The molecule has 0 unspecified atom stereocenters. The van der Waals surface area contributed by atoms with E-state index < -0.39 is 0 Å². The molecule has 1 spiro atoms. The summed E-state index contributed by atoms with van der Waals surface area (Å²) < 4.78 is 0. The van der Waals surface area contributed by atoms with Gasteiger partial charge in [0.05, 0.1) is 0 Å². The Morgan fingerprint density at radius 3 is 2.64 bits per heavy atom. The van der Waals surface area contributed by atoms with E-state index >= 15 is 0 Å². The van der Waals surface area contributed by atoms with Crippen molar-refractivity contribution in [3.8, 4) is 0 Å². The van der Waals surface area contributed by atoms with Gasteiger partial charge in [-0.3, -0.25) is 9.59 Å². The lowest BCUT2D eigenvalue weighted by molar-refractivity contribution is -0.128. The molecule has 0 aromatic heterocycles. The van der Waals surface area contributed by atoms with Crippen LogP contribution < -0.4 is 0 Å². The van der Waals surface area contributed by atoms with Gasteiger partial charge in [-0.25, -0.2) is 0 Å². The fourth-order valence-electron chi connectivity index (χ4n) is 4.90. The van der Waals surface area contributed by atoms with E-state index in [2.05, 4.69) is 4.90 Å². The van der Waals surface area contributed by atoms with Gasteiger partial charge in [0.25, 0.3) is 5.91 Å². The van der Waals surface area contributed by atoms with Gasteiger partial charge < -0.3 is 9.80 Å². The number of nitrogens with zero attached hydrogens (tertiary/aromatic N) is 2. The smallest absolute Gasteiger partial charge is 0.253 e. The summed E-state index contributed by atoms with van der Waals surface area (Å²) in [6, 6.07) is 7.88. The Hall–Kier alpha value is -1.84. The highest BCUT2D eigenvalue weighted by atomic mass is 16.2. The van der Waals surface area contributed by atoms with E-state index in [-0.39, 0.29) is 11.8 Å². The summed E-state index contributed by atoms with van der Waals surface area (Å²) in [5, 5.41) is 0. The largest absolute Gasteiger partial charge is 0.338 e. The summed E-state index contributed by atoms with van der Waals surface area (Å²) in [5.74, 6) is 0.396. The number of carbonyl (C=O) groups is 2. The van der Waals surface area contributed by atoms with Crippen molar-refractivity contribution in [3.63, 3.8) is 0 Å². The minimum atomic E-state index is 0.164. The van der Waals surface area contributed by atoms with E-state index in [0.29, 0.717) is 18.4 Å². The van der Waals surface area contributed by atoms with Gasteiger partial charge in [0, 0.05) is 38.2 Å². The van der Waals surface area contributed by atoms with E-state index in [1.165, 1.54) is 38.5 Å². The molecule has 4 nitrogen and oxygen atoms in total. The van der Waals surface area contributed by atoms with Crippen molar-refractivity contribution in [1.82, 2.24) is 9.80 Å². The van der Waals surface area contributed by atoms with Crippen LogP contribution in [0, 0.1) is 5.41 Å². The number of hydrogen-bond donors (Lipinski definition) is 0. The van der Waals surface area contributed by atoms with Crippen LogP contribution in [0.3, 0.4) is 0 Å². The Morgan fingerprint density at radius 1 is 1.04 bits per heavy atom. The predicted molar refractivity (Wildman–Crippen MR) is 97.1 cm³/mol. The van der Waals surface area contributed by atoms with Crippen molar-refractivity contribution in [3.05, 3.63) is 35.4 Å². The molecule has 2 amide bonds. The van der Waals surface area contributed by atoms with Crippen LogP contribution in [-0.4, -0.2) is 41.2 Å². The topological polar surface area (TPSA) is 40.6 Å². The van der Waals surface area contributed by atoms with Crippen LogP contribution in [0.15, 0.2) is 24.3 Å². The van der Waals surface area contributed by atoms with Crippen molar-refractivity contribution in [2.24, 2.45) is 5.41 Å². The molecule has 2 saturated heterocycles. The molecule has 3 aliphatic rings. The van der Waals surface area contributed by atoms with Gasteiger partial charge >= 0.3 is 0 Å². The first-order valence-electron chi connectivity index (χ1n) is 9.81. The second kappa shape index (κ2) is 6.81. The lowest BCUT2D eigenvalue weighted by atomic mass is 9.73. The first kappa shape index (κ1) is 16.6. The zero-order valence-corrected chi connectivity index (χ0v) is 15.0. The Morgan fingerprint density at radius 2 is 1.88 bits per heavy atom. The van der Waals surface area contributed by atoms with E-state index in [1.807, 2.05) is 29.2 Å². The van der Waals surface area contributed by atoms with E-state index in [0.717, 1.165) is 37.2 Å². The highest BCUT2D eigenvalue weighted by Gasteiger charge is 2.40. The maximum absolute atomic E-state index is 13.0. The zero-order chi connectivity index (χ0) is 17.3. The Labute approximate surface area is 150 Å². The van der Waals surface area contributed by atoms with Crippen LogP contribution in [-0.2, 0) is 11.3 Å². The van der Waals surface area contributed by atoms with Gasteiger partial charge in [0.15, 0.2) is 0 Å². The lowest BCUT2D eigenvalue weighted by Gasteiger charge is -2.33. The average molecular weight is 340 g/mol. The fourth-order valence-corrected chi connectivity index (χ4v) is 4.90. The molecule has 1 aliphatic carbocycles. The van der Waals surface area contributed by atoms with Crippen LogP contribution in [0.25, 0.3) is 0 Å². The molecule has 1 saturated carbocycles. The molecule has 4 rings (SSSR count). The summed E-state index contributed by atoms with van der Waals surface area (Å²) in [4.78, 5) is 28.8. The second-order valence-electron chi connectivity index (χ2n) is 8.16. The Bertz CT molecular complexity index is 664. The summed E-state index contributed by atoms with van der Waals surface area (Å²) in [6.07, 6.45) is 9.35. The molecule has 2 aliphatic heterocycles. The molecule has 3 fully saturated rings. The monoisotopic (exact) mass is 340 g/mol. The zero-order valence-electron chi connectivity index (χ0n) is 15.0. The highest BCUT2D eigenvalue weighted by molar-refractivity contribution is 5.94. The molecule has 1 aromatic carbocycles. The number of amides is 2. The third-order valence-corrected chi connectivity index (χ3v) is 6.36. The third kappa shape index (κ3) is 3.44. The number of benzene rings is 1. The predicted octanol–water partition coefficient (Wildman–Crippen LogP) is 3.61. The summed E-state index contributed by atoms with van der Waals surface area (Å²) in [7, 11) is 0. The van der Waals surface area contributed by atoms with Gasteiger partial charge in [-0.2, -0.15) is 0 Å². The van der Waals surface area contributed by atoms with Gasteiger partial charge in [-0.15, -0.1) is 0 Å². The second-order valence-corrected chi connectivity index (χ2v) is 8.16. The van der Waals surface area contributed by atoms with Gasteiger partial charge in [-0.05, 0) is 48.8 Å². The molecule has 0 bridgehead atoms. The van der Waals surface area contributed by atoms with E-state index in [1.54, 1.807) is 0 Å². The first-order valence-corrected chi connectivity index (χ1v) is 9.81. The van der Waals surface area contributed by atoms with Gasteiger partial charge in [-0.1, -0.05) is 31.4 Å². The first-order chi connectivity index (χ1) is 12.2. The number of rotatable bonds is 3. The van der Waals surface area contributed by atoms with E-state index in [4.69, 9.17) is 0 Å². The number of likely N-dealkylation sites (tertiary alicyclic amines) is 2. The van der Waals surface area contributed by atoms with Crippen LogP contribution >= 0.6 is 0 Å². The molecule has 134 valence electrons. The molecule has 1 aromatic rings. The Kier molecular flexibility index (Phi) is 4.53. The van der Waals surface area contributed by atoms with E-state index in [9.17, 15) is 9.59 Å². The van der Waals surface area contributed by atoms with Crippen molar-refractivity contribution in [1.29, 1.82) is 0 Å². The maximum Gasteiger partial charge on any atom is 0.253 e. The Balaban J connectivity index is 1.43. The van der Waals surface area contributed by atoms with Crippen LogP contribution in [0.2, 0.25) is 0 Å². The molecule has 0 radical (unpaired) electrons. The standard InChI is InChI=1S/C21H28N2O2/c24-19-8-5-12-22(19)15-17-6-4-7-18(14-17)20(25)23-13-11-21(16-23)9-2-1-3-10-21/h4,6-7,14H,1-3,5,8-13,15-16H2. The summed E-state index contributed by atoms with van der Waals surface area (Å²) >= 11 is 0. The SMILES string of the molecule is O=C1CCCN1Cc1cccc(C(=O)N2CCC3(CCCCC3)C2)c1. The summed E-state index contributed by atoms with van der Waals surface area (Å²) in [6.45, 7) is 3.30. The lowest BCUT2D eigenvalue weighted by Crippen LogP contribution is -2.33. The fraction of sp³-hybridized carbons (Fsp3) is 0.619. The minimum Gasteiger partial charge on any atom is -0.338 e.